The van der Waals surface area contributed by atoms with Crippen molar-refractivity contribution in [3.8, 4) is 0 Å². The van der Waals surface area contributed by atoms with Gasteiger partial charge in [0, 0.05) is 37.3 Å². The molecule has 0 spiro atoms. The van der Waals surface area contributed by atoms with Gasteiger partial charge in [-0.3, -0.25) is 9.69 Å². The minimum absolute atomic E-state index is 0.00334. The number of ether oxygens (including phenoxy) is 2. The van der Waals surface area contributed by atoms with Crippen LogP contribution in [0.3, 0.4) is 0 Å². The van der Waals surface area contributed by atoms with Crippen molar-refractivity contribution >= 4 is 38.7 Å². The van der Waals surface area contributed by atoms with E-state index in [1.807, 2.05) is 4.90 Å². The first-order valence-corrected chi connectivity index (χ1v) is 12.9. The van der Waals surface area contributed by atoms with Gasteiger partial charge in [0.25, 0.3) is 0 Å². The molecule has 182 valence electrons. The van der Waals surface area contributed by atoms with Crippen molar-refractivity contribution in [3.63, 3.8) is 0 Å². The number of amides is 2. The van der Waals surface area contributed by atoms with E-state index in [0.29, 0.717) is 25.7 Å². The van der Waals surface area contributed by atoms with E-state index in [4.69, 9.17) is 9.47 Å². The van der Waals surface area contributed by atoms with Crippen LogP contribution in [0.5, 0.6) is 0 Å². The van der Waals surface area contributed by atoms with Gasteiger partial charge in [-0.05, 0) is 65.1 Å². The van der Waals surface area contributed by atoms with E-state index in [2.05, 4.69) is 63.4 Å². The van der Waals surface area contributed by atoms with Crippen molar-refractivity contribution < 1.29 is 19.1 Å². The van der Waals surface area contributed by atoms with Crippen molar-refractivity contribution in [1.82, 2.24) is 15.1 Å². The lowest BCUT2D eigenvalue weighted by Crippen LogP contribution is -2.56. The first-order chi connectivity index (χ1) is 16.4. The van der Waals surface area contributed by atoms with Crippen molar-refractivity contribution in [2.45, 2.75) is 51.5 Å². The smallest absolute Gasteiger partial charge is 0.407 e. The maximum absolute atomic E-state index is 13.9. The average molecular weight is 530 g/mol. The normalized spacial score (nSPS) is 24.3. The molecule has 1 N–H and O–H groups in total. The molecule has 5 rings (SSSR count). The van der Waals surface area contributed by atoms with E-state index in [1.165, 1.54) is 29.0 Å². The molecule has 3 aliphatic rings. The molecule has 2 amide bonds. The second kappa shape index (κ2) is 9.84. The first-order valence-electron chi connectivity index (χ1n) is 12.1. The molecule has 2 aromatic carbocycles. The van der Waals surface area contributed by atoms with Crippen molar-refractivity contribution in [2.75, 3.05) is 26.9 Å². The summed E-state index contributed by atoms with van der Waals surface area (Å²) in [6.45, 7) is 5.78. The van der Waals surface area contributed by atoms with Crippen molar-refractivity contribution in [3.05, 3.63) is 45.9 Å². The van der Waals surface area contributed by atoms with E-state index >= 15 is 0 Å². The highest BCUT2D eigenvalue weighted by Gasteiger charge is 2.43. The van der Waals surface area contributed by atoms with Crippen LogP contribution in [-0.4, -0.2) is 60.9 Å². The number of methoxy groups -OCH3 is 1. The average Bonchev–Trinajstić information content (AvgIpc) is 3.45. The fraction of sp³-hybridized carbons (Fsp3) is 0.538. The summed E-state index contributed by atoms with van der Waals surface area (Å²) in [5.74, 6) is 0.449. The summed E-state index contributed by atoms with van der Waals surface area (Å²) in [7, 11) is 1.34. The topological polar surface area (TPSA) is 71.1 Å². The van der Waals surface area contributed by atoms with Crippen molar-refractivity contribution in [2.24, 2.45) is 11.8 Å². The number of fused-ring (bicyclic) bond motifs is 3. The summed E-state index contributed by atoms with van der Waals surface area (Å²) in [5, 5.41) is 5.36. The molecule has 2 saturated heterocycles. The molecular weight excluding hydrogens is 498 g/mol. The monoisotopic (exact) mass is 529 g/mol. The molecule has 0 radical (unpaired) electrons. The maximum atomic E-state index is 13.9. The number of nitrogens with zero attached hydrogens (tertiary/aromatic N) is 2. The molecule has 8 heteroatoms. The predicted octanol–water partition coefficient (Wildman–Crippen LogP) is 4.26. The molecule has 3 aliphatic heterocycles. The summed E-state index contributed by atoms with van der Waals surface area (Å²) >= 11 is 3.58. The fourth-order valence-corrected chi connectivity index (χ4v) is 6.21. The second-order valence-corrected chi connectivity index (χ2v) is 10.8. The molecule has 0 saturated carbocycles. The molecule has 0 aliphatic carbocycles. The molecule has 0 bridgehead atoms. The Morgan fingerprint density at radius 1 is 1.18 bits per heavy atom. The molecule has 3 atom stereocenters. The highest BCUT2D eigenvalue weighted by molar-refractivity contribution is 9.10. The Kier molecular flexibility index (Phi) is 6.82. The standard InChI is InChI=1S/C26H32BrN3O4/c1-16-11-23(29-14-19-4-3-18-12-20(27)5-6-21(18)22(19)15-29)30(13-16)25(31)24(28-26(32)33-2)17-7-9-34-10-8-17/h3-6,12,16-17,23-24H,7-11,13-15H2,1-2H3,(H,28,32)/t16-,23+,24-/m0/s1. The SMILES string of the molecule is COC(=O)N[C@H](C(=O)N1C[C@@H](C)C[C@@H]1N1Cc2ccc3cc(Br)ccc3c2C1)C1CCOCC1. The van der Waals surface area contributed by atoms with Crippen LogP contribution in [0.25, 0.3) is 10.8 Å². The Bertz CT molecular complexity index is 1090. The Morgan fingerprint density at radius 3 is 2.74 bits per heavy atom. The summed E-state index contributed by atoms with van der Waals surface area (Å²) in [6.07, 6.45) is 1.90. The Hall–Kier alpha value is -2.16. The quantitative estimate of drug-likeness (QED) is 0.640. The van der Waals surface area contributed by atoms with E-state index in [-0.39, 0.29) is 18.0 Å². The van der Waals surface area contributed by atoms with Gasteiger partial charge in [0.15, 0.2) is 0 Å². The zero-order valence-corrected chi connectivity index (χ0v) is 21.3. The number of alkyl carbamates (subject to hydrolysis) is 1. The zero-order chi connectivity index (χ0) is 23.8. The Balaban J connectivity index is 1.39. The van der Waals surface area contributed by atoms with Gasteiger partial charge in [-0.2, -0.15) is 0 Å². The number of nitrogens with one attached hydrogen (secondary N) is 1. The number of halogens is 1. The van der Waals surface area contributed by atoms with Crippen LogP contribution in [0.15, 0.2) is 34.8 Å². The lowest BCUT2D eigenvalue weighted by atomic mass is 9.90. The molecule has 0 aromatic heterocycles. The van der Waals surface area contributed by atoms with Crippen molar-refractivity contribution in [1.29, 1.82) is 0 Å². The molecule has 34 heavy (non-hydrogen) atoms. The Labute approximate surface area is 208 Å². The number of carbonyl (C=O) groups excluding carboxylic acids is 2. The van der Waals surface area contributed by atoms with Gasteiger partial charge in [0.1, 0.15) is 6.04 Å². The van der Waals surface area contributed by atoms with Gasteiger partial charge in [-0.25, -0.2) is 4.79 Å². The van der Waals surface area contributed by atoms with Crippen LogP contribution >= 0.6 is 15.9 Å². The van der Waals surface area contributed by atoms with Gasteiger partial charge in [-0.15, -0.1) is 0 Å². The molecule has 7 nitrogen and oxygen atoms in total. The third-order valence-electron chi connectivity index (χ3n) is 7.57. The summed E-state index contributed by atoms with van der Waals surface area (Å²) in [5.41, 5.74) is 2.68. The minimum Gasteiger partial charge on any atom is -0.453 e. The van der Waals surface area contributed by atoms with Crippen LogP contribution in [0.4, 0.5) is 4.79 Å². The molecule has 2 aromatic rings. The van der Waals surface area contributed by atoms with Gasteiger partial charge in [0.05, 0.1) is 13.3 Å². The van der Waals surface area contributed by atoms with E-state index < -0.39 is 12.1 Å². The number of carbonyl (C=O) groups is 2. The van der Waals surface area contributed by atoms with E-state index in [9.17, 15) is 9.59 Å². The molecule has 2 fully saturated rings. The number of hydrogen-bond donors (Lipinski definition) is 1. The highest BCUT2D eigenvalue weighted by Crippen LogP contribution is 2.37. The number of likely N-dealkylation sites (tertiary alicyclic amines) is 1. The van der Waals surface area contributed by atoms with E-state index in [1.54, 1.807) is 0 Å². The largest absolute Gasteiger partial charge is 0.453 e. The summed E-state index contributed by atoms with van der Waals surface area (Å²) in [6, 6.07) is 10.2. The predicted molar refractivity (Wildman–Crippen MR) is 133 cm³/mol. The van der Waals surface area contributed by atoms with Gasteiger partial charge >= 0.3 is 6.09 Å². The first kappa shape index (κ1) is 23.6. The molecule has 0 unspecified atom stereocenters. The zero-order valence-electron chi connectivity index (χ0n) is 19.8. The summed E-state index contributed by atoms with van der Waals surface area (Å²) in [4.78, 5) is 30.5. The van der Waals surface area contributed by atoms with Crippen LogP contribution in [-0.2, 0) is 27.4 Å². The van der Waals surface area contributed by atoms with Crippen LogP contribution in [0.1, 0.15) is 37.3 Å². The summed E-state index contributed by atoms with van der Waals surface area (Å²) < 4.78 is 11.4. The second-order valence-electron chi connectivity index (χ2n) is 9.85. The van der Waals surface area contributed by atoms with E-state index in [0.717, 1.165) is 36.8 Å². The maximum Gasteiger partial charge on any atom is 0.407 e. The number of rotatable bonds is 4. The molecule has 3 heterocycles. The third kappa shape index (κ3) is 4.55. The van der Waals surface area contributed by atoms with Crippen LogP contribution in [0.2, 0.25) is 0 Å². The molecular formula is C26H32BrN3O4. The lowest BCUT2D eigenvalue weighted by molar-refractivity contribution is -0.140. The minimum atomic E-state index is -0.590. The fourth-order valence-electron chi connectivity index (χ4n) is 5.83. The van der Waals surface area contributed by atoms with Gasteiger partial charge in [0.2, 0.25) is 5.91 Å². The van der Waals surface area contributed by atoms with Gasteiger partial charge in [-0.1, -0.05) is 41.1 Å². The lowest BCUT2D eigenvalue weighted by Gasteiger charge is -2.37. The highest BCUT2D eigenvalue weighted by atomic mass is 79.9. The third-order valence-corrected chi connectivity index (χ3v) is 8.07. The number of hydrogen-bond acceptors (Lipinski definition) is 5. The Morgan fingerprint density at radius 2 is 1.97 bits per heavy atom. The number of benzene rings is 2. The van der Waals surface area contributed by atoms with Gasteiger partial charge < -0.3 is 19.7 Å². The van der Waals surface area contributed by atoms with Crippen LogP contribution in [0, 0.1) is 11.8 Å². The van der Waals surface area contributed by atoms with Crippen LogP contribution < -0.4 is 5.32 Å².